The summed E-state index contributed by atoms with van der Waals surface area (Å²) in [6, 6.07) is 4.59. The van der Waals surface area contributed by atoms with Crippen LogP contribution in [0, 0.1) is 47.3 Å². The van der Waals surface area contributed by atoms with Crippen molar-refractivity contribution >= 4 is 29.8 Å². The molecule has 1 aromatic rings. The van der Waals surface area contributed by atoms with Gasteiger partial charge in [0.15, 0.2) is 11.5 Å². The van der Waals surface area contributed by atoms with Crippen LogP contribution in [0.5, 0.6) is 11.5 Å². The lowest BCUT2D eigenvalue weighted by Crippen LogP contribution is -2.28. The first-order chi connectivity index (χ1) is 29.6. The Bertz CT molecular complexity index is 1570. The van der Waals surface area contributed by atoms with E-state index in [1.54, 1.807) is 19.1 Å². The zero-order valence-electron chi connectivity index (χ0n) is 37.1. The predicted octanol–water partition coefficient (Wildman–Crippen LogP) is 11.5. The van der Waals surface area contributed by atoms with Gasteiger partial charge in [0.2, 0.25) is 0 Å². The van der Waals surface area contributed by atoms with Crippen LogP contribution in [0.3, 0.4) is 0 Å². The molecular weight excluding hydrogens is 773 g/mol. The molecule has 338 valence electrons. The van der Waals surface area contributed by atoms with Crippen molar-refractivity contribution in [2.75, 3.05) is 19.8 Å². The molecule has 0 unspecified atom stereocenters. The molecule has 4 fully saturated rings. The van der Waals surface area contributed by atoms with Gasteiger partial charge in [-0.25, -0.2) is 14.4 Å². The summed E-state index contributed by atoms with van der Waals surface area (Å²) in [5.74, 6) is 2.18. The van der Waals surface area contributed by atoms with E-state index in [1.165, 1.54) is 95.3 Å². The molecule has 4 aliphatic rings. The lowest BCUT2D eigenvalue weighted by Gasteiger charge is -2.31. The van der Waals surface area contributed by atoms with Crippen LogP contribution >= 0.6 is 0 Å². The highest BCUT2D eigenvalue weighted by atomic mass is 16.6. The van der Waals surface area contributed by atoms with E-state index in [9.17, 15) is 24.0 Å². The fraction of sp³-hybridized carbons (Fsp3) is 0.706. The van der Waals surface area contributed by atoms with E-state index in [0.29, 0.717) is 25.0 Å². The number of esters is 5. The van der Waals surface area contributed by atoms with E-state index in [4.69, 9.17) is 23.7 Å². The molecule has 0 aliphatic heterocycles. The molecule has 0 amide bonds. The van der Waals surface area contributed by atoms with Gasteiger partial charge in [-0.15, -0.1) is 0 Å². The topological polar surface area (TPSA) is 132 Å². The Kier molecular flexibility index (Phi) is 20.4. The molecule has 0 heterocycles. The average molecular weight is 847 g/mol. The van der Waals surface area contributed by atoms with Gasteiger partial charge in [-0.05, 0) is 138 Å². The molecule has 0 bridgehead atoms. The first-order valence-corrected chi connectivity index (χ1v) is 24.0. The Morgan fingerprint density at radius 2 is 0.869 bits per heavy atom. The fourth-order valence-corrected chi connectivity index (χ4v) is 10.5. The second-order valence-electron chi connectivity index (χ2n) is 18.6. The van der Waals surface area contributed by atoms with Crippen LogP contribution in [0.1, 0.15) is 171 Å². The monoisotopic (exact) mass is 847 g/mol. The van der Waals surface area contributed by atoms with Crippen LogP contribution in [-0.2, 0) is 33.4 Å². The van der Waals surface area contributed by atoms with E-state index in [0.717, 1.165) is 101 Å². The molecule has 1 aromatic carbocycles. The number of ether oxygens (including phenoxy) is 5. The third kappa shape index (κ3) is 16.4. The fourth-order valence-electron chi connectivity index (χ4n) is 10.5. The number of rotatable bonds is 22. The van der Waals surface area contributed by atoms with Crippen LogP contribution in [0.2, 0.25) is 0 Å². The van der Waals surface area contributed by atoms with Gasteiger partial charge in [0, 0.05) is 12.2 Å². The summed E-state index contributed by atoms with van der Waals surface area (Å²) in [4.78, 5) is 62.3. The molecular formula is C51H74O10. The maximum atomic E-state index is 13.6. The third-order valence-electron chi connectivity index (χ3n) is 14.5. The quantitative estimate of drug-likeness (QED) is 0.0365. The molecule has 0 aromatic heterocycles. The highest BCUT2D eigenvalue weighted by molar-refractivity contribution is 5.91. The standard InChI is InChI=1S/C51H74O10/c1-4-47(52)58-33-7-9-36-11-15-38(16-12-36)19-21-40-23-27-42(28-24-40)50(55)60-45-32-31-44(49(54)57-6-3)35-46(45)61-51(56)43-29-25-41(26-30-43)22-20-39-17-13-37(14-18-39)10-8-34-59-48(53)5-2/h4-5,31-32,35-43H,1-2,6-30,33-34H2,3H3/t36-,37-,38-,39-,40-,41?,42-,43?. The van der Waals surface area contributed by atoms with Crippen LogP contribution in [0.4, 0.5) is 0 Å². The molecule has 10 heteroatoms. The van der Waals surface area contributed by atoms with Gasteiger partial charge in [0.05, 0.1) is 37.2 Å². The summed E-state index contributed by atoms with van der Waals surface area (Å²) in [6.07, 6.45) is 28.5. The molecule has 61 heavy (non-hydrogen) atoms. The first kappa shape index (κ1) is 48.1. The zero-order chi connectivity index (χ0) is 43.4. The molecule has 0 saturated heterocycles. The van der Waals surface area contributed by atoms with Crippen molar-refractivity contribution in [1.29, 1.82) is 0 Å². The smallest absolute Gasteiger partial charge is 0.338 e. The van der Waals surface area contributed by atoms with Crippen molar-refractivity contribution in [3.8, 4) is 11.5 Å². The van der Waals surface area contributed by atoms with Gasteiger partial charge in [-0.1, -0.05) is 90.2 Å². The van der Waals surface area contributed by atoms with Crippen LogP contribution in [-0.4, -0.2) is 49.7 Å². The molecule has 0 radical (unpaired) electrons. The summed E-state index contributed by atoms with van der Waals surface area (Å²) in [6.45, 7) is 9.80. The van der Waals surface area contributed by atoms with Gasteiger partial charge in [0.1, 0.15) is 0 Å². The summed E-state index contributed by atoms with van der Waals surface area (Å²) < 4.78 is 27.4. The lowest BCUT2D eigenvalue weighted by molar-refractivity contribution is -0.143. The number of hydrogen-bond acceptors (Lipinski definition) is 10. The SMILES string of the molecule is C=CC(=O)OCCC[C@H]1CC[C@H](CCC2CCC(C(=O)Oc3cc(C(=O)OCC)ccc3OC(=O)[C@H]3CC[C@H](CC[C@H]4CC[C@H](CCCOC(=O)C=C)CC4)CC3)CC2)CC1. The Balaban J connectivity index is 1.01. The van der Waals surface area contributed by atoms with Crippen molar-refractivity contribution in [2.24, 2.45) is 47.3 Å². The molecule has 10 nitrogen and oxygen atoms in total. The number of carbonyl (C=O) groups excluding carboxylic acids is 5. The summed E-state index contributed by atoms with van der Waals surface area (Å²) >= 11 is 0. The van der Waals surface area contributed by atoms with Crippen molar-refractivity contribution < 1.29 is 47.7 Å². The Morgan fingerprint density at radius 1 is 0.508 bits per heavy atom. The molecule has 0 spiro atoms. The third-order valence-corrected chi connectivity index (χ3v) is 14.5. The van der Waals surface area contributed by atoms with Gasteiger partial charge in [-0.3, -0.25) is 9.59 Å². The minimum atomic E-state index is -0.520. The maximum absolute atomic E-state index is 13.6. The Hall–Kier alpha value is -3.95. The minimum Gasteiger partial charge on any atom is -0.463 e. The zero-order valence-corrected chi connectivity index (χ0v) is 37.1. The summed E-state index contributed by atoms with van der Waals surface area (Å²) in [7, 11) is 0. The second kappa shape index (κ2) is 25.9. The van der Waals surface area contributed by atoms with Gasteiger partial charge < -0.3 is 23.7 Å². The van der Waals surface area contributed by atoms with Gasteiger partial charge in [-0.2, -0.15) is 0 Å². The van der Waals surface area contributed by atoms with E-state index in [1.807, 2.05) is 0 Å². The Morgan fingerprint density at radius 3 is 1.25 bits per heavy atom. The number of benzene rings is 1. The largest absolute Gasteiger partial charge is 0.463 e. The Labute approximate surface area is 365 Å². The summed E-state index contributed by atoms with van der Waals surface area (Å²) in [5, 5.41) is 0. The molecule has 0 N–H and O–H groups in total. The average Bonchev–Trinajstić information content (AvgIpc) is 3.29. The molecule has 4 saturated carbocycles. The predicted molar refractivity (Wildman–Crippen MR) is 235 cm³/mol. The number of hydrogen-bond donors (Lipinski definition) is 0. The van der Waals surface area contributed by atoms with Crippen LogP contribution in [0.15, 0.2) is 43.5 Å². The van der Waals surface area contributed by atoms with E-state index >= 15 is 0 Å². The van der Waals surface area contributed by atoms with E-state index < -0.39 is 5.97 Å². The van der Waals surface area contributed by atoms with E-state index in [-0.39, 0.29) is 59.4 Å². The van der Waals surface area contributed by atoms with Crippen LogP contribution < -0.4 is 9.47 Å². The van der Waals surface area contributed by atoms with Crippen molar-refractivity contribution in [2.45, 2.75) is 161 Å². The minimum absolute atomic E-state index is 0.0962. The summed E-state index contributed by atoms with van der Waals surface area (Å²) in [5.41, 5.74) is 0.247. The maximum Gasteiger partial charge on any atom is 0.338 e. The van der Waals surface area contributed by atoms with Crippen molar-refractivity contribution in [3.63, 3.8) is 0 Å². The normalized spacial score (nSPS) is 26.6. The number of carbonyl (C=O) groups is 5. The van der Waals surface area contributed by atoms with E-state index in [2.05, 4.69) is 13.2 Å². The highest BCUT2D eigenvalue weighted by Crippen LogP contribution is 2.41. The highest BCUT2D eigenvalue weighted by Gasteiger charge is 2.32. The molecule has 5 rings (SSSR count). The molecule has 0 atom stereocenters. The van der Waals surface area contributed by atoms with Crippen molar-refractivity contribution in [3.05, 3.63) is 49.1 Å². The van der Waals surface area contributed by atoms with Crippen molar-refractivity contribution in [1.82, 2.24) is 0 Å². The second-order valence-corrected chi connectivity index (χ2v) is 18.6. The van der Waals surface area contributed by atoms with Gasteiger partial charge >= 0.3 is 29.8 Å². The first-order valence-electron chi connectivity index (χ1n) is 24.0. The van der Waals surface area contributed by atoms with Crippen LogP contribution in [0.25, 0.3) is 0 Å². The molecule has 4 aliphatic carbocycles. The lowest BCUT2D eigenvalue weighted by atomic mass is 9.75. The van der Waals surface area contributed by atoms with Gasteiger partial charge in [0.25, 0.3) is 0 Å².